The Morgan fingerprint density at radius 1 is 1.48 bits per heavy atom. The lowest BCUT2D eigenvalue weighted by Gasteiger charge is -2.06. The van der Waals surface area contributed by atoms with Crippen LogP contribution in [0.4, 0.5) is 0 Å². The molecule has 0 amide bonds. The smallest absolute Gasteiger partial charge is 0.262 e. The van der Waals surface area contributed by atoms with E-state index in [1.807, 2.05) is 13.2 Å². The molecule has 4 rings (SSSR count). The van der Waals surface area contributed by atoms with Crippen molar-refractivity contribution < 1.29 is 0 Å². The topological polar surface area (TPSA) is 63.6 Å². The van der Waals surface area contributed by atoms with Crippen molar-refractivity contribution in [3.8, 4) is 0 Å². The lowest BCUT2D eigenvalue weighted by Crippen LogP contribution is -2.20. The molecule has 3 aromatic rings. The minimum Gasteiger partial charge on any atom is -0.290 e. The van der Waals surface area contributed by atoms with Crippen molar-refractivity contribution in [2.45, 2.75) is 30.2 Å². The number of nitrogens with zero attached hydrogens (tertiary/aromatic N) is 3. The van der Waals surface area contributed by atoms with Crippen LogP contribution in [-0.2, 0) is 25.6 Å². The highest BCUT2D eigenvalue weighted by Crippen LogP contribution is 2.35. The Morgan fingerprint density at radius 3 is 3.19 bits per heavy atom. The van der Waals surface area contributed by atoms with E-state index in [4.69, 9.17) is 4.98 Å². The van der Waals surface area contributed by atoms with Gasteiger partial charge in [-0.25, -0.2) is 4.98 Å². The number of hydrogen-bond donors (Lipinski definition) is 1. The van der Waals surface area contributed by atoms with E-state index >= 15 is 0 Å². The molecule has 5 nitrogen and oxygen atoms in total. The summed E-state index contributed by atoms with van der Waals surface area (Å²) in [5, 5.41) is 8.35. The molecule has 1 aliphatic rings. The SMILES string of the molecule is Cn1c(SCc2cn[nH]c2)nc2sc3c(c2c1=O)CCC3. The van der Waals surface area contributed by atoms with Crippen molar-refractivity contribution in [2.75, 3.05) is 0 Å². The number of aromatic nitrogens is 4. The lowest BCUT2D eigenvalue weighted by atomic mass is 10.2. The molecule has 0 fully saturated rings. The van der Waals surface area contributed by atoms with Gasteiger partial charge in [-0.3, -0.25) is 14.5 Å². The average Bonchev–Trinajstić information content (AvgIpc) is 3.17. The summed E-state index contributed by atoms with van der Waals surface area (Å²) < 4.78 is 1.68. The molecular weight excluding hydrogens is 304 g/mol. The summed E-state index contributed by atoms with van der Waals surface area (Å²) >= 11 is 3.26. The first-order valence-electron chi connectivity index (χ1n) is 6.86. The van der Waals surface area contributed by atoms with Gasteiger partial charge in [0.15, 0.2) is 5.16 Å². The van der Waals surface area contributed by atoms with Crippen LogP contribution in [0.15, 0.2) is 22.3 Å². The summed E-state index contributed by atoms with van der Waals surface area (Å²) in [5.41, 5.74) is 2.44. The van der Waals surface area contributed by atoms with Gasteiger partial charge >= 0.3 is 0 Å². The van der Waals surface area contributed by atoms with Gasteiger partial charge in [0.05, 0.1) is 11.6 Å². The quantitative estimate of drug-likeness (QED) is 0.595. The summed E-state index contributed by atoms with van der Waals surface area (Å²) in [6.07, 6.45) is 6.94. The number of rotatable bonds is 3. The van der Waals surface area contributed by atoms with Crippen LogP contribution in [0.2, 0.25) is 0 Å². The number of nitrogens with one attached hydrogen (secondary N) is 1. The number of hydrogen-bond acceptors (Lipinski definition) is 5. The molecule has 108 valence electrons. The Bertz CT molecular complexity index is 863. The fourth-order valence-corrected chi connectivity index (χ4v) is 4.93. The molecule has 0 aromatic carbocycles. The zero-order chi connectivity index (χ0) is 14.4. The minimum absolute atomic E-state index is 0.0918. The highest BCUT2D eigenvalue weighted by Gasteiger charge is 2.22. The lowest BCUT2D eigenvalue weighted by molar-refractivity contribution is 0.727. The van der Waals surface area contributed by atoms with Crippen LogP contribution < -0.4 is 5.56 Å². The molecule has 1 N–H and O–H groups in total. The Labute approximate surface area is 129 Å². The van der Waals surface area contributed by atoms with E-state index in [-0.39, 0.29) is 5.56 Å². The van der Waals surface area contributed by atoms with Gasteiger partial charge in [-0.05, 0) is 24.8 Å². The van der Waals surface area contributed by atoms with Crippen molar-refractivity contribution in [1.82, 2.24) is 19.7 Å². The molecular formula is C14H14N4OS2. The number of aromatic amines is 1. The Balaban J connectivity index is 1.76. The first-order chi connectivity index (χ1) is 10.2. The number of H-pyrrole nitrogens is 1. The molecule has 0 saturated carbocycles. The molecule has 0 bridgehead atoms. The Morgan fingerprint density at radius 2 is 2.38 bits per heavy atom. The van der Waals surface area contributed by atoms with Gasteiger partial charge in [0.1, 0.15) is 4.83 Å². The average molecular weight is 318 g/mol. The van der Waals surface area contributed by atoms with Crippen LogP contribution in [-0.4, -0.2) is 19.7 Å². The van der Waals surface area contributed by atoms with Gasteiger partial charge in [-0.1, -0.05) is 11.8 Å². The molecule has 21 heavy (non-hydrogen) atoms. The van der Waals surface area contributed by atoms with E-state index in [0.717, 1.165) is 46.0 Å². The second-order valence-electron chi connectivity index (χ2n) is 5.19. The van der Waals surface area contributed by atoms with E-state index in [1.165, 1.54) is 10.4 Å². The number of thiophene rings is 1. The first kappa shape index (κ1) is 13.1. The highest BCUT2D eigenvalue weighted by atomic mass is 32.2. The van der Waals surface area contributed by atoms with E-state index in [2.05, 4.69) is 10.2 Å². The summed E-state index contributed by atoms with van der Waals surface area (Å²) in [5.74, 6) is 0.757. The summed E-state index contributed by atoms with van der Waals surface area (Å²) in [4.78, 5) is 19.6. The molecule has 3 aromatic heterocycles. The van der Waals surface area contributed by atoms with E-state index in [9.17, 15) is 4.79 Å². The van der Waals surface area contributed by atoms with Crippen LogP contribution in [0.5, 0.6) is 0 Å². The van der Waals surface area contributed by atoms with Crippen LogP contribution in [0.25, 0.3) is 10.2 Å². The molecule has 7 heteroatoms. The minimum atomic E-state index is 0.0918. The molecule has 0 saturated heterocycles. The predicted molar refractivity (Wildman–Crippen MR) is 85.0 cm³/mol. The molecule has 0 radical (unpaired) electrons. The van der Waals surface area contributed by atoms with Gasteiger partial charge < -0.3 is 0 Å². The van der Waals surface area contributed by atoms with Crippen molar-refractivity contribution in [3.63, 3.8) is 0 Å². The largest absolute Gasteiger partial charge is 0.290 e. The van der Waals surface area contributed by atoms with Gasteiger partial charge in [-0.15, -0.1) is 11.3 Å². The van der Waals surface area contributed by atoms with E-state index < -0.39 is 0 Å². The van der Waals surface area contributed by atoms with Crippen molar-refractivity contribution >= 4 is 33.3 Å². The molecule has 0 unspecified atom stereocenters. The fraction of sp³-hybridized carbons (Fsp3) is 0.357. The van der Waals surface area contributed by atoms with Crippen molar-refractivity contribution in [1.29, 1.82) is 0 Å². The normalized spacial score (nSPS) is 14.0. The van der Waals surface area contributed by atoms with Crippen molar-refractivity contribution in [2.24, 2.45) is 7.05 Å². The van der Waals surface area contributed by atoms with Crippen LogP contribution in [0.1, 0.15) is 22.4 Å². The standard InChI is InChI=1S/C14H14N4OS2/c1-18-13(19)11-9-3-2-4-10(9)21-12(11)17-14(18)20-7-8-5-15-16-6-8/h5-6H,2-4,7H2,1H3,(H,15,16). The second-order valence-corrected chi connectivity index (χ2v) is 7.22. The maximum absolute atomic E-state index is 12.6. The zero-order valence-corrected chi connectivity index (χ0v) is 13.2. The Kier molecular flexibility index (Phi) is 3.11. The summed E-state index contributed by atoms with van der Waals surface area (Å²) in [6.45, 7) is 0. The number of aryl methyl sites for hydroxylation is 2. The number of thioether (sulfide) groups is 1. The van der Waals surface area contributed by atoms with Gasteiger partial charge in [-0.2, -0.15) is 5.10 Å². The molecule has 0 aliphatic heterocycles. The molecule has 0 spiro atoms. The maximum Gasteiger partial charge on any atom is 0.262 e. The molecule has 1 aliphatic carbocycles. The third-order valence-electron chi connectivity index (χ3n) is 3.83. The maximum atomic E-state index is 12.6. The van der Waals surface area contributed by atoms with Crippen LogP contribution >= 0.6 is 23.1 Å². The predicted octanol–water partition coefficient (Wildman–Crippen LogP) is 2.50. The van der Waals surface area contributed by atoms with Gasteiger partial charge in [0, 0.05) is 29.4 Å². The molecule has 0 atom stereocenters. The van der Waals surface area contributed by atoms with Crippen LogP contribution in [0.3, 0.4) is 0 Å². The summed E-state index contributed by atoms with van der Waals surface area (Å²) in [6, 6.07) is 0. The third-order valence-corrected chi connectivity index (χ3v) is 6.11. The fourth-order valence-electron chi connectivity index (χ4n) is 2.74. The highest BCUT2D eigenvalue weighted by molar-refractivity contribution is 7.98. The van der Waals surface area contributed by atoms with Crippen LogP contribution in [0, 0.1) is 0 Å². The number of fused-ring (bicyclic) bond motifs is 3. The van der Waals surface area contributed by atoms with Gasteiger partial charge in [0.25, 0.3) is 5.56 Å². The van der Waals surface area contributed by atoms with Gasteiger partial charge in [0.2, 0.25) is 0 Å². The second kappa shape index (κ2) is 4.99. The van der Waals surface area contributed by atoms with E-state index in [1.54, 1.807) is 33.9 Å². The Hall–Kier alpha value is -1.60. The monoisotopic (exact) mass is 318 g/mol. The molecule has 3 heterocycles. The third kappa shape index (κ3) is 2.11. The van der Waals surface area contributed by atoms with E-state index in [0.29, 0.717) is 0 Å². The zero-order valence-electron chi connectivity index (χ0n) is 11.5. The van der Waals surface area contributed by atoms with Crippen molar-refractivity contribution in [3.05, 3.63) is 38.8 Å². The summed E-state index contributed by atoms with van der Waals surface area (Å²) in [7, 11) is 1.81. The first-order valence-corrected chi connectivity index (χ1v) is 8.66.